The van der Waals surface area contributed by atoms with Gasteiger partial charge in [-0.05, 0) is 148 Å². The Morgan fingerprint density at radius 2 is 0.649 bits per heavy atom. The van der Waals surface area contributed by atoms with Crippen LogP contribution in [0.3, 0.4) is 0 Å². The van der Waals surface area contributed by atoms with Gasteiger partial charge >= 0.3 is 0 Å². The molecule has 0 unspecified atom stereocenters. The van der Waals surface area contributed by atoms with Gasteiger partial charge in [-0.15, -0.1) is 0 Å². The van der Waals surface area contributed by atoms with E-state index in [4.69, 9.17) is 4.74 Å². The molecular formula is C55H57NO. The predicted molar refractivity (Wildman–Crippen MR) is 242 cm³/mol. The summed E-state index contributed by atoms with van der Waals surface area (Å²) < 4.78 is 5.52. The van der Waals surface area contributed by atoms with Crippen molar-refractivity contribution in [3.05, 3.63) is 225 Å². The standard InChI is InChI=1S/C55H57NO/c1-40-12-24-46(25-13-40)54(47-26-14-41(2)15-27-47)10-6-8-44-20-32-50(33-21-44)56(52-36-38-53(57-5)39-37-52)51-34-22-45(23-35-51)9-7-11-55(48-28-16-42(3)17-29-48)49-30-18-43(4)19-31-49/h12-39,54-55H,6-11H2,1-5H3. The zero-order chi connectivity index (χ0) is 39.6. The van der Waals surface area contributed by atoms with Crippen molar-refractivity contribution in [1.82, 2.24) is 0 Å². The van der Waals surface area contributed by atoms with Crippen LogP contribution in [0.1, 0.15) is 93.2 Å². The number of anilines is 3. The molecule has 0 heterocycles. The van der Waals surface area contributed by atoms with Crippen LogP contribution in [0.15, 0.2) is 170 Å². The molecule has 0 amide bonds. The first kappa shape index (κ1) is 39.4. The molecule has 0 N–H and O–H groups in total. The summed E-state index contributed by atoms with van der Waals surface area (Å²) in [7, 11) is 1.72. The third kappa shape index (κ3) is 10.3. The van der Waals surface area contributed by atoms with Crippen molar-refractivity contribution in [2.24, 2.45) is 0 Å². The van der Waals surface area contributed by atoms with Crippen LogP contribution in [0.25, 0.3) is 0 Å². The summed E-state index contributed by atoms with van der Waals surface area (Å²) in [5, 5.41) is 0. The highest BCUT2D eigenvalue weighted by Crippen LogP contribution is 2.37. The van der Waals surface area contributed by atoms with Crippen molar-refractivity contribution in [2.45, 2.75) is 78.1 Å². The summed E-state index contributed by atoms with van der Waals surface area (Å²) in [6, 6.07) is 63.2. The van der Waals surface area contributed by atoms with Gasteiger partial charge in [-0.25, -0.2) is 0 Å². The molecular weight excluding hydrogens is 691 g/mol. The Bertz CT molecular complexity index is 2030. The van der Waals surface area contributed by atoms with E-state index in [2.05, 4.69) is 190 Å². The quantitative estimate of drug-likeness (QED) is 0.0976. The molecule has 57 heavy (non-hydrogen) atoms. The Hall–Kier alpha value is -5.86. The molecule has 288 valence electrons. The van der Waals surface area contributed by atoms with Crippen molar-refractivity contribution in [3.63, 3.8) is 0 Å². The van der Waals surface area contributed by atoms with Crippen LogP contribution in [-0.2, 0) is 12.8 Å². The molecule has 0 fully saturated rings. The zero-order valence-corrected chi connectivity index (χ0v) is 34.4. The van der Waals surface area contributed by atoms with Crippen molar-refractivity contribution in [1.29, 1.82) is 0 Å². The van der Waals surface area contributed by atoms with Crippen molar-refractivity contribution in [3.8, 4) is 5.75 Å². The van der Waals surface area contributed by atoms with Crippen LogP contribution in [0.2, 0.25) is 0 Å². The Morgan fingerprint density at radius 3 is 0.930 bits per heavy atom. The molecule has 7 aromatic rings. The van der Waals surface area contributed by atoms with E-state index in [9.17, 15) is 0 Å². The van der Waals surface area contributed by atoms with Gasteiger partial charge in [-0.1, -0.05) is 144 Å². The maximum absolute atomic E-state index is 5.52. The van der Waals surface area contributed by atoms with Gasteiger partial charge in [0.2, 0.25) is 0 Å². The molecule has 0 bridgehead atoms. The van der Waals surface area contributed by atoms with Gasteiger partial charge in [0.25, 0.3) is 0 Å². The SMILES string of the molecule is COc1ccc(N(c2ccc(CCCC(c3ccc(C)cc3)c3ccc(C)cc3)cc2)c2ccc(CCCC(c3ccc(C)cc3)c3ccc(C)cc3)cc2)cc1. The normalized spacial score (nSPS) is 11.3. The molecule has 7 aromatic carbocycles. The average molecular weight is 748 g/mol. The first-order valence-corrected chi connectivity index (χ1v) is 20.7. The van der Waals surface area contributed by atoms with Crippen LogP contribution in [0.4, 0.5) is 17.1 Å². The van der Waals surface area contributed by atoms with E-state index >= 15 is 0 Å². The fraction of sp³-hybridized carbons (Fsp3) is 0.236. The molecule has 0 atom stereocenters. The molecule has 2 nitrogen and oxygen atoms in total. The molecule has 0 aliphatic rings. The van der Waals surface area contributed by atoms with Crippen LogP contribution in [0, 0.1) is 27.7 Å². The fourth-order valence-electron chi connectivity index (χ4n) is 8.07. The highest BCUT2D eigenvalue weighted by atomic mass is 16.5. The lowest BCUT2D eigenvalue weighted by molar-refractivity contribution is 0.415. The van der Waals surface area contributed by atoms with E-state index in [1.165, 1.54) is 55.6 Å². The average Bonchev–Trinajstić information content (AvgIpc) is 3.24. The first-order valence-electron chi connectivity index (χ1n) is 20.7. The minimum atomic E-state index is 0.391. The molecule has 0 aromatic heterocycles. The topological polar surface area (TPSA) is 12.5 Å². The second-order valence-corrected chi connectivity index (χ2v) is 15.9. The van der Waals surface area contributed by atoms with Gasteiger partial charge in [0.15, 0.2) is 0 Å². The van der Waals surface area contributed by atoms with E-state index in [1.54, 1.807) is 7.11 Å². The Kier molecular flexibility index (Phi) is 13.0. The highest BCUT2D eigenvalue weighted by Gasteiger charge is 2.17. The summed E-state index contributed by atoms with van der Waals surface area (Å²) in [4.78, 5) is 2.35. The Balaban J connectivity index is 1.04. The predicted octanol–water partition coefficient (Wildman–Crippen LogP) is 14.7. The molecule has 0 saturated heterocycles. The molecule has 0 radical (unpaired) electrons. The summed E-state index contributed by atoms with van der Waals surface area (Å²) >= 11 is 0. The van der Waals surface area contributed by atoms with Crippen molar-refractivity contribution in [2.75, 3.05) is 12.0 Å². The van der Waals surface area contributed by atoms with Gasteiger partial charge in [-0.3, -0.25) is 0 Å². The van der Waals surface area contributed by atoms with Crippen molar-refractivity contribution < 1.29 is 4.74 Å². The van der Waals surface area contributed by atoms with E-state index in [-0.39, 0.29) is 0 Å². The van der Waals surface area contributed by atoms with E-state index in [1.807, 2.05) is 12.1 Å². The fourth-order valence-corrected chi connectivity index (χ4v) is 8.07. The summed E-state index contributed by atoms with van der Waals surface area (Å²) in [5.41, 5.74) is 16.9. The second kappa shape index (κ2) is 18.9. The number of ether oxygens (including phenoxy) is 1. The van der Waals surface area contributed by atoms with Gasteiger partial charge in [0, 0.05) is 28.9 Å². The number of hydrogen-bond donors (Lipinski definition) is 0. The Labute approximate surface area is 341 Å². The third-order valence-electron chi connectivity index (χ3n) is 11.6. The van der Waals surface area contributed by atoms with Crippen LogP contribution >= 0.6 is 0 Å². The third-order valence-corrected chi connectivity index (χ3v) is 11.6. The van der Waals surface area contributed by atoms with Crippen LogP contribution in [0.5, 0.6) is 5.75 Å². The lowest BCUT2D eigenvalue weighted by Crippen LogP contribution is -2.10. The van der Waals surface area contributed by atoms with Gasteiger partial charge in [-0.2, -0.15) is 0 Å². The lowest BCUT2D eigenvalue weighted by atomic mass is 9.86. The highest BCUT2D eigenvalue weighted by molar-refractivity contribution is 5.77. The minimum absolute atomic E-state index is 0.391. The maximum atomic E-state index is 5.52. The number of aryl methyl sites for hydroxylation is 6. The second-order valence-electron chi connectivity index (χ2n) is 15.9. The number of benzene rings is 7. The van der Waals surface area contributed by atoms with Crippen LogP contribution < -0.4 is 9.64 Å². The van der Waals surface area contributed by atoms with Crippen molar-refractivity contribution >= 4 is 17.1 Å². The number of rotatable bonds is 16. The summed E-state index contributed by atoms with van der Waals surface area (Å²) in [5.74, 6) is 1.64. The molecule has 0 spiro atoms. The van der Waals surface area contributed by atoms with E-state index < -0.39 is 0 Å². The van der Waals surface area contributed by atoms with Crippen LogP contribution in [-0.4, -0.2) is 7.11 Å². The van der Waals surface area contributed by atoms with Gasteiger partial charge in [0.1, 0.15) is 5.75 Å². The van der Waals surface area contributed by atoms with Gasteiger partial charge in [0.05, 0.1) is 7.11 Å². The van der Waals surface area contributed by atoms with E-state index in [0.717, 1.165) is 61.3 Å². The monoisotopic (exact) mass is 747 g/mol. The summed E-state index contributed by atoms with van der Waals surface area (Å²) in [6.45, 7) is 8.65. The Morgan fingerprint density at radius 1 is 0.368 bits per heavy atom. The lowest BCUT2D eigenvalue weighted by Gasteiger charge is -2.26. The smallest absolute Gasteiger partial charge is 0.119 e. The number of hydrogen-bond acceptors (Lipinski definition) is 2. The molecule has 0 aliphatic carbocycles. The molecule has 2 heteroatoms. The van der Waals surface area contributed by atoms with Gasteiger partial charge < -0.3 is 9.64 Å². The number of nitrogens with zero attached hydrogens (tertiary/aromatic N) is 1. The maximum Gasteiger partial charge on any atom is 0.119 e. The largest absolute Gasteiger partial charge is 0.497 e. The van der Waals surface area contributed by atoms with E-state index in [0.29, 0.717) is 11.8 Å². The first-order chi connectivity index (χ1) is 27.8. The molecule has 0 aliphatic heterocycles. The minimum Gasteiger partial charge on any atom is -0.497 e. The molecule has 7 rings (SSSR count). The summed E-state index contributed by atoms with van der Waals surface area (Å²) in [6.07, 6.45) is 6.53. The zero-order valence-electron chi connectivity index (χ0n) is 34.4. The molecule has 0 saturated carbocycles. The number of methoxy groups -OCH3 is 1.